The van der Waals surface area contributed by atoms with E-state index in [0.29, 0.717) is 18.8 Å². The van der Waals surface area contributed by atoms with Crippen LogP contribution >= 0.6 is 0 Å². The summed E-state index contributed by atoms with van der Waals surface area (Å²) in [5, 5.41) is 2.89. The molecule has 1 aromatic heterocycles. The number of amides is 1. The van der Waals surface area contributed by atoms with E-state index in [1.165, 1.54) is 0 Å². The van der Waals surface area contributed by atoms with Gasteiger partial charge in [0.2, 0.25) is 0 Å². The van der Waals surface area contributed by atoms with Gasteiger partial charge in [-0.1, -0.05) is 30.3 Å². The molecule has 27 heavy (non-hydrogen) atoms. The predicted octanol–water partition coefficient (Wildman–Crippen LogP) is 3.98. The molecule has 1 amide bonds. The van der Waals surface area contributed by atoms with E-state index in [0.717, 1.165) is 17.1 Å². The third-order valence-corrected chi connectivity index (χ3v) is 3.94. The lowest BCUT2D eigenvalue weighted by atomic mass is 10.2. The van der Waals surface area contributed by atoms with Crippen molar-refractivity contribution in [3.63, 3.8) is 0 Å². The van der Waals surface area contributed by atoms with Crippen LogP contribution in [0.5, 0.6) is 11.5 Å². The van der Waals surface area contributed by atoms with Crippen molar-refractivity contribution in [1.29, 1.82) is 0 Å². The molecule has 5 nitrogen and oxygen atoms in total. The number of carbonyl (C=O) groups excluding carboxylic acids is 1. The number of rotatable bonds is 9. The van der Waals surface area contributed by atoms with Crippen molar-refractivity contribution < 1.29 is 18.7 Å². The molecular weight excluding hydrogens is 342 g/mol. The lowest BCUT2D eigenvalue weighted by Crippen LogP contribution is -2.37. The summed E-state index contributed by atoms with van der Waals surface area (Å²) in [4.78, 5) is 12.0. The fourth-order valence-corrected chi connectivity index (χ4v) is 2.62. The van der Waals surface area contributed by atoms with Crippen LogP contribution in [0.1, 0.15) is 18.2 Å². The van der Waals surface area contributed by atoms with Crippen molar-refractivity contribution in [3.8, 4) is 11.5 Å². The molecule has 0 aliphatic heterocycles. The van der Waals surface area contributed by atoms with Crippen LogP contribution in [0.3, 0.4) is 0 Å². The van der Waals surface area contributed by atoms with Crippen LogP contribution in [0.2, 0.25) is 0 Å². The Morgan fingerprint density at radius 2 is 1.67 bits per heavy atom. The summed E-state index contributed by atoms with van der Waals surface area (Å²) < 4.78 is 16.5. The Morgan fingerprint density at radius 1 is 0.963 bits per heavy atom. The highest BCUT2D eigenvalue weighted by atomic mass is 16.5. The van der Waals surface area contributed by atoms with Gasteiger partial charge in [-0.25, -0.2) is 0 Å². The maximum Gasteiger partial charge on any atom is 0.258 e. The third kappa shape index (κ3) is 6.22. The van der Waals surface area contributed by atoms with Crippen LogP contribution in [0.25, 0.3) is 0 Å². The van der Waals surface area contributed by atoms with Gasteiger partial charge in [0, 0.05) is 12.5 Å². The summed E-state index contributed by atoms with van der Waals surface area (Å²) in [5.74, 6) is 2.05. The predicted molar refractivity (Wildman–Crippen MR) is 103 cm³/mol. The van der Waals surface area contributed by atoms with Crippen molar-refractivity contribution in [2.45, 2.75) is 26.0 Å². The first kappa shape index (κ1) is 18.6. The zero-order valence-corrected chi connectivity index (χ0v) is 15.3. The van der Waals surface area contributed by atoms with E-state index in [4.69, 9.17) is 13.9 Å². The molecule has 1 unspecified atom stereocenters. The monoisotopic (exact) mass is 365 g/mol. The first-order valence-corrected chi connectivity index (χ1v) is 8.90. The highest BCUT2D eigenvalue weighted by molar-refractivity contribution is 5.77. The Bertz CT molecular complexity index is 813. The molecule has 1 N–H and O–H groups in total. The van der Waals surface area contributed by atoms with Gasteiger partial charge in [0.05, 0.1) is 6.26 Å². The molecule has 0 saturated heterocycles. The minimum absolute atomic E-state index is 0.0268. The average molecular weight is 365 g/mol. The van der Waals surface area contributed by atoms with Crippen LogP contribution < -0.4 is 14.8 Å². The van der Waals surface area contributed by atoms with E-state index >= 15 is 0 Å². The molecule has 0 aliphatic carbocycles. The fourth-order valence-electron chi connectivity index (χ4n) is 2.62. The SMILES string of the molecule is CC(Cc1ccco1)NC(=O)COc1ccc(OCc2ccccc2)cc1. The van der Waals surface area contributed by atoms with Crippen LogP contribution in [-0.4, -0.2) is 18.6 Å². The summed E-state index contributed by atoms with van der Waals surface area (Å²) >= 11 is 0. The quantitative estimate of drug-likeness (QED) is 0.623. The Kier molecular flexibility index (Phi) is 6.52. The van der Waals surface area contributed by atoms with E-state index in [9.17, 15) is 4.79 Å². The zero-order chi connectivity index (χ0) is 18.9. The van der Waals surface area contributed by atoms with Crippen molar-refractivity contribution in [2.75, 3.05) is 6.61 Å². The van der Waals surface area contributed by atoms with Gasteiger partial charge in [-0.15, -0.1) is 0 Å². The molecule has 5 heteroatoms. The van der Waals surface area contributed by atoms with Gasteiger partial charge >= 0.3 is 0 Å². The van der Waals surface area contributed by atoms with Crippen LogP contribution in [0.15, 0.2) is 77.4 Å². The van der Waals surface area contributed by atoms with E-state index in [-0.39, 0.29) is 18.6 Å². The maximum absolute atomic E-state index is 12.0. The molecule has 0 spiro atoms. The van der Waals surface area contributed by atoms with Gasteiger partial charge in [-0.2, -0.15) is 0 Å². The summed E-state index contributed by atoms with van der Waals surface area (Å²) in [7, 11) is 0. The second-order valence-electron chi connectivity index (χ2n) is 6.29. The van der Waals surface area contributed by atoms with Gasteiger partial charge in [0.15, 0.2) is 6.61 Å². The highest BCUT2D eigenvalue weighted by Crippen LogP contribution is 2.18. The number of carbonyl (C=O) groups is 1. The molecule has 1 atom stereocenters. The van der Waals surface area contributed by atoms with Gasteiger partial charge in [0.25, 0.3) is 5.91 Å². The number of hydrogen-bond donors (Lipinski definition) is 1. The number of benzene rings is 2. The second kappa shape index (κ2) is 9.48. The first-order valence-electron chi connectivity index (χ1n) is 8.90. The van der Waals surface area contributed by atoms with E-state index < -0.39 is 0 Å². The van der Waals surface area contributed by atoms with Crippen LogP contribution in [0, 0.1) is 0 Å². The third-order valence-electron chi connectivity index (χ3n) is 3.94. The molecule has 1 heterocycles. The fraction of sp³-hybridized carbons (Fsp3) is 0.227. The highest BCUT2D eigenvalue weighted by Gasteiger charge is 2.10. The molecule has 3 aromatic rings. The number of ether oxygens (including phenoxy) is 2. The first-order chi connectivity index (χ1) is 13.2. The van der Waals surface area contributed by atoms with Crippen molar-refractivity contribution in [2.24, 2.45) is 0 Å². The molecule has 0 radical (unpaired) electrons. The topological polar surface area (TPSA) is 60.7 Å². The van der Waals surface area contributed by atoms with Crippen molar-refractivity contribution in [1.82, 2.24) is 5.32 Å². The average Bonchev–Trinajstić information content (AvgIpc) is 3.19. The lowest BCUT2D eigenvalue weighted by Gasteiger charge is -2.13. The summed E-state index contributed by atoms with van der Waals surface area (Å²) in [6.45, 7) is 2.41. The lowest BCUT2D eigenvalue weighted by molar-refractivity contribution is -0.123. The Morgan fingerprint density at radius 3 is 2.33 bits per heavy atom. The molecular formula is C22H23NO4. The van der Waals surface area contributed by atoms with E-state index in [1.54, 1.807) is 18.4 Å². The maximum atomic E-state index is 12.0. The zero-order valence-electron chi connectivity index (χ0n) is 15.3. The largest absolute Gasteiger partial charge is 0.489 e. The number of furan rings is 1. The molecule has 140 valence electrons. The summed E-state index contributed by atoms with van der Waals surface area (Å²) in [5.41, 5.74) is 1.11. The van der Waals surface area contributed by atoms with Gasteiger partial charge in [-0.3, -0.25) is 4.79 Å². The van der Waals surface area contributed by atoms with E-state index in [1.807, 2.05) is 61.5 Å². The van der Waals surface area contributed by atoms with E-state index in [2.05, 4.69) is 5.32 Å². The normalized spacial score (nSPS) is 11.6. The molecule has 0 aliphatic rings. The van der Waals surface area contributed by atoms with Gasteiger partial charge in [0.1, 0.15) is 23.9 Å². The molecule has 0 fully saturated rings. The number of nitrogens with one attached hydrogen (secondary N) is 1. The summed E-state index contributed by atoms with van der Waals surface area (Å²) in [6, 6.07) is 20.9. The van der Waals surface area contributed by atoms with Gasteiger partial charge < -0.3 is 19.2 Å². The number of hydrogen-bond acceptors (Lipinski definition) is 4. The Labute approximate surface area is 158 Å². The van der Waals surface area contributed by atoms with Crippen molar-refractivity contribution >= 4 is 5.91 Å². The smallest absolute Gasteiger partial charge is 0.258 e. The second-order valence-corrected chi connectivity index (χ2v) is 6.29. The van der Waals surface area contributed by atoms with Crippen LogP contribution in [-0.2, 0) is 17.8 Å². The minimum atomic E-state index is -0.168. The summed E-state index contributed by atoms with van der Waals surface area (Å²) in [6.07, 6.45) is 2.27. The van der Waals surface area contributed by atoms with Gasteiger partial charge in [-0.05, 0) is 48.9 Å². The molecule has 0 bridgehead atoms. The van der Waals surface area contributed by atoms with Crippen molar-refractivity contribution in [3.05, 3.63) is 84.3 Å². The molecule has 2 aromatic carbocycles. The Balaban J connectivity index is 1.39. The molecule has 0 saturated carbocycles. The van der Waals surface area contributed by atoms with Crippen LogP contribution in [0.4, 0.5) is 0 Å². The molecule has 3 rings (SSSR count). The Hall–Kier alpha value is -3.21. The standard InChI is InChI=1S/C22H23NO4/c1-17(14-21-8-5-13-25-21)23-22(24)16-27-20-11-9-19(10-12-20)26-15-18-6-3-2-4-7-18/h2-13,17H,14-16H2,1H3,(H,23,24). The minimum Gasteiger partial charge on any atom is -0.489 e.